The number of benzene rings is 8. The van der Waals surface area contributed by atoms with Gasteiger partial charge in [0, 0.05) is 109 Å². The van der Waals surface area contributed by atoms with Crippen molar-refractivity contribution in [1.82, 2.24) is 17.2 Å². The lowest BCUT2D eigenvalue weighted by Crippen LogP contribution is -2.39. The molecule has 4 saturated heterocycles. The topological polar surface area (TPSA) is 387 Å². The number of halogens is 13. The molecule has 0 aromatic heterocycles. The van der Waals surface area contributed by atoms with Crippen molar-refractivity contribution in [3.8, 4) is 0 Å². The predicted molar refractivity (Wildman–Crippen MR) is 420 cm³/mol. The molecule has 8 aromatic carbocycles. The second-order valence-electron chi connectivity index (χ2n) is 27.7. The van der Waals surface area contributed by atoms with Crippen LogP contribution in [0.1, 0.15) is 105 Å². The van der Waals surface area contributed by atoms with Gasteiger partial charge in [-0.05, 0) is 191 Å². The summed E-state index contributed by atoms with van der Waals surface area (Å²) in [7, 11) is -17.4. The lowest BCUT2D eigenvalue weighted by molar-refractivity contribution is 0.0710. The summed E-state index contributed by atoms with van der Waals surface area (Å²) in [5.41, 5.74) is -0.152. The third-order valence-electron chi connectivity index (χ3n) is 18.9. The fourth-order valence-corrected chi connectivity index (χ4v) is 19.5. The first-order valence-corrected chi connectivity index (χ1v) is 43.2. The molecular formula is C77H77Cl3F10N8O18S4. The zero-order valence-corrected chi connectivity index (χ0v) is 68.1. The summed E-state index contributed by atoms with van der Waals surface area (Å²) in [6, 6.07) is 25.2. The van der Waals surface area contributed by atoms with Crippen molar-refractivity contribution in [3.63, 3.8) is 0 Å². The summed E-state index contributed by atoms with van der Waals surface area (Å²) in [6.45, 7) is -2.58. The van der Waals surface area contributed by atoms with E-state index in [1.807, 2.05) is 0 Å². The van der Waals surface area contributed by atoms with Gasteiger partial charge >= 0.3 is 0 Å². The minimum atomic E-state index is -4.47. The van der Waals surface area contributed by atoms with E-state index in [4.69, 9.17) is 34.8 Å². The van der Waals surface area contributed by atoms with Gasteiger partial charge in [0.2, 0.25) is 40.1 Å². The maximum absolute atomic E-state index is 14.4. The molecule has 4 fully saturated rings. The van der Waals surface area contributed by atoms with Crippen LogP contribution in [0, 0.1) is 46.5 Å². The van der Waals surface area contributed by atoms with E-state index < -0.39 is 181 Å². The number of β-amino-alcohol motifs (C(OH)–C–C–N with tert-alkyl or cyclic N) is 5. The number of hydrogen-bond donors (Lipinski definition) is 10. The lowest BCUT2D eigenvalue weighted by Gasteiger charge is -2.23. The molecule has 648 valence electrons. The van der Waals surface area contributed by atoms with Gasteiger partial charge in [0.15, 0.2) is 11.6 Å². The van der Waals surface area contributed by atoms with E-state index in [-0.39, 0.29) is 161 Å². The number of carbonyl (C=O) groups is 4. The van der Waals surface area contributed by atoms with E-state index in [0.29, 0.717) is 12.8 Å². The van der Waals surface area contributed by atoms with Gasteiger partial charge in [-0.2, -0.15) is 17.2 Å². The van der Waals surface area contributed by atoms with Crippen molar-refractivity contribution in [1.29, 1.82) is 0 Å². The van der Waals surface area contributed by atoms with Gasteiger partial charge in [-0.3, -0.25) is 19.2 Å². The standard InChI is InChI=1S/C20H21ClF2N2O4S.2C19H19ClF2N2O5S.C19H18F4N2O4S/c21-17-11-15(5-6-18(17)23)24-20(27)13-3-4-14(12-22)19(10-13)30(28,29)25-8-1-2-16(26)7-9-25;2*20-15-8-12(2-6-16(15)21)23-19(27)11-1-5-17(22)18(7-11)30(28,29)24-9-13(25)3-4-14(26)10-24;20-13-6-4-12(9-16(13)23)24-19(27)11-3-5-15(22)18(8-11)30(28,29)25-7-1-2-14(21)17(26)10-25/h3-6,10-11,16,26H,1-2,7-9,12H2,(H,24,27);2*1-2,5-8,13-14,25-26H,3-4,9-10H2,(H,23,27);3-6,8-9,14,17,26H,1-2,7,10H2,(H,24,27)/t;13-,14+;13-,14-;14?,17-/m..10/s1. The molecule has 43 heteroatoms. The molecule has 0 saturated carbocycles. The Hall–Kier alpha value is -8.79. The molecule has 4 amide bonds. The summed E-state index contributed by atoms with van der Waals surface area (Å²) in [5.74, 6) is -10.6. The zero-order chi connectivity index (χ0) is 88.0. The molecule has 4 aliphatic heterocycles. The Labute approximate surface area is 697 Å². The SMILES string of the molecule is O=C(Nc1ccc(F)c(Cl)c1)c1ccc(CF)c(S(=O)(=O)N2CCCC(O)CC2)c1.O=C(Nc1ccc(F)c(Cl)c1)c1ccc(F)c(S(=O)(=O)N2C[C@H](O)CC[C@@H](O)C2)c1.O=C(Nc1ccc(F)c(Cl)c1)c1ccc(F)c(S(=O)(=O)N2C[C@H](O)CC[C@H](O)C2)c1.O=C(Nc1ccc(F)c(F)c1)c1ccc(F)c(S(=O)(=O)N2CCCC(F)[C@@H](O)C2)c1. The molecule has 0 aliphatic carbocycles. The number of carbonyl (C=O) groups excluding carboxylic acids is 4. The monoisotopic (exact) mass is 1820 g/mol. The first-order chi connectivity index (χ1) is 56.5. The smallest absolute Gasteiger partial charge is 0.255 e. The number of anilines is 4. The highest BCUT2D eigenvalue weighted by Crippen LogP contribution is 2.33. The maximum atomic E-state index is 14.4. The molecule has 7 atom stereocenters. The summed E-state index contributed by atoms with van der Waals surface area (Å²) in [6.07, 6.45) is -5.56. The summed E-state index contributed by atoms with van der Waals surface area (Å²) in [4.78, 5) is 47.3. The van der Waals surface area contributed by atoms with Crippen molar-refractivity contribution in [2.75, 3.05) is 73.6 Å². The number of aliphatic hydroxyl groups excluding tert-OH is 6. The summed E-state index contributed by atoms with van der Waals surface area (Å²) in [5, 5.41) is 68.1. The Morgan fingerprint density at radius 1 is 0.333 bits per heavy atom. The Morgan fingerprint density at radius 2 is 0.642 bits per heavy atom. The lowest BCUT2D eigenvalue weighted by atomic mass is 10.1. The van der Waals surface area contributed by atoms with Crippen molar-refractivity contribution in [2.24, 2.45) is 0 Å². The van der Waals surface area contributed by atoms with Crippen LogP contribution in [0.3, 0.4) is 0 Å². The Morgan fingerprint density at radius 3 is 1.00 bits per heavy atom. The largest absolute Gasteiger partial charge is 0.393 e. The van der Waals surface area contributed by atoms with Crippen molar-refractivity contribution in [3.05, 3.63) is 235 Å². The van der Waals surface area contributed by atoms with Gasteiger partial charge in [0.25, 0.3) is 23.6 Å². The van der Waals surface area contributed by atoms with Crippen LogP contribution in [0.2, 0.25) is 15.1 Å². The first kappa shape index (κ1) is 95.1. The highest BCUT2D eigenvalue weighted by molar-refractivity contribution is 7.90. The fourth-order valence-electron chi connectivity index (χ4n) is 12.4. The number of sulfonamides is 4. The van der Waals surface area contributed by atoms with E-state index in [0.717, 1.165) is 110 Å². The Bertz CT molecular complexity index is 5400. The molecule has 26 nitrogen and oxygen atoms in total. The van der Waals surface area contributed by atoms with Crippen molar-refractivity contribution >= 4 is 121 Å². The molecule has 2 unspecified atom stereocenters. The molecule has 0 spiro atoms. The van der Waals surface area contributed by atoms with Crippen LogP contribution in [-0.4, -0.2) is 200 Å². The second-order valence-corrected chi connectivity index (χ2v) is 36.6. The molecule has 4 heterocycles. The van der Waals surface area contributed by atoms with Crippen LogP contribution in [0.15, 0.2) is 165 Å². The zero-order valence-electron chi connectivity index (χ0n) is 62.5. The third kappa shape index (κ3) is 24.6. The van der Waals surface area contributed by atoms with Gasteiger partial charge in [0.05, 0.1) is 56.6 Å². The van der Waals surface area contributed by atoms with Crippen LogP contribution in [0.25, 0.3) is 0 Å². The van der Waals surface area contributed by atoms with Crippen molar-refractivity contribution in [2.45, 2.75) is 127 Å². The minimum Gasteiger partial charge on any atom is -0.393 e. The van der Waals surface area contributed by atoms with Gasteiger partial charge in [-0.15, -0.1) is 0 Å². The average molecular weight is 1830 g/mol. The quantitative estimate of drug-likeness (QED) is 0.0379. The highest BCUT2D eigenvalue weighted by atomic mass is 35.5. The van der Waals surface area contributed by atoms with E-state index in [9.17, 15) is 127 Å². The molecule has 120 heavy (non-hydrogen) atoms. The van der Waals surface area contributed by atoms with Gasteiger partial charge < -0.3 is 51.9 Å². The number of nitrogens with zero attached hydrogens (tertiary/aromatic N) is 4. The molecule has 0 radical (unpaired) electrons. The number of hydrogen-bond acceptors (Lipinski definition) is 18. The van der Waals surface area contributed by atoms with E-state index in [1.54, 1.807) is 0 Å². The fraction of sp³-hybridized carbons (Fsp3) is 0.325. The van der Waals surface area contributed by atoms with E-state index in [1.165, 1.54) is 52.8 Å². The number of rotatable bonds is 17. The first-order valence-electron chi connectivity index (χ1n) is 36.3. The average Bonchev–Trinajstić information content (AvgIpc) is 1.17. The highest BCUT2D eigenvalue weighted by Gasteiger charge is 2.39. The number of aliphatic hydroxyl groups is 6. The summed E-state index contributed by atoms with van der Waals surface area (Å²) >= 11 is 17.0. The molecule has 8 aromatic rings. The molecular weight excluding hydrogens is 1750 g/mol. The van der Waals surface area contributed by atoms with Gasteiger partial charge in [-0.1, -0.05) is 40.9 Å². The molecule has 0 bridgehead atoms. The predicted octanol–water partition coefficient (Wildman–Crippen LogP) is 11.3. The van der Waals surface area contributed by atoms with Gasteiger partial charge in [0.1, 0.15) is 62.4 Å². The number of amides is 4. The normalized spacial score (nSPS) is 19.9. The molecule has 10 N–H and O–H groups in total. The van der Waals surface area contributed by atoms with Crippen LogP contribution in [0.5, 0.6) is 0 Å². The maximum Gasteiger partial charge on any atom is 0.255 e. The Balaban J connectivity index is 0.000000182. The Kier molecular flexibility index (Phi) is 32.8. The van der Waals surface area contributed by atoms with Crippen LogP contribution in [-0.2, 0) is 46.8 Å². The van der Waals surface area contributed by atoms with Gasteiger partial charge in [-0.25, -0.2) is 77.6 Å². The van der Waals surface area contributed by atoms with Crippen LogP contribution >= 0.6 is 34.8 Å². The third-order valence-corrected chi connectivity index (χ3v) is 27.3. The van der Waals surface area contributed by atoms with Crippen LogP contribution in [0.4, 0.5) is 66.7 Å². The number of nitrogens with one attached hydrogen (secondary N) is 4. The minimum absolute atomic E-state index is 0.000999. The van der Waals surface area contributed by atoms with E-state index in [2.05, 4.69) is 21.3 Å². The molecule has 12 rings (SSSR count). The van der Waals surface area contributed by atoms with E-state index >= 15 is 0 Å². The number of alkyl halides is 2. The second kappa shape index (κ2) is 41.4. The van der Waals surface area contributed by atoms with Crippen LogP contribution < -0.4 is 21.3 Å². The van der Waals surface area contributed by atoms with Crippen molar-refractivity contribution < 1.29 is 127 Å². The summed E-state index contributed by atoms with van der Waals surface area (Å²) < 4.78 is 244. The molecule has 4 aliphatic rings.